The summed E-state index contributed by atoms with van der Waals surface area (Å²) in [7, 11) is 0. The number of rotatable bonds is 4. The van der Waals surface area contributed by atoms with Crippen molar-refractivity contribution in [3.8, 4) is 0 Å². The van der Waals surface area contributed by atoms with Crippen molar-refractivity contribution in [2.24, 2.45) is 0 Å². The van der Waals surface area contributed by atoms with E-state index in [1.807, 2.05) is 30.5 Å². The van der Waals surface area contributed by atoms with Gasteiger partial charge in [0.05, 0.1) is 17.4 Å². The SMILES string of the molecule is Cc1csc(Nc2cccc([C@H]3CCCN3C(=O)CO)n2)n1. The van der Waals surface area contributed by atoms with E-state index >= 15 is 0 Å². The molecule has 0 aliphatic carbocycles. The lowest BCUT2D eigenvalue weighted by Crippen LogP contribution is -2.33. The molecule has 1 fully saturated rings. The van der Waals surface area contributed by atoms with Gasteiger partial charge >= 0.3 is 0 Å². The van der Waals surface area contributed by atoms with E-state index in [1.54, 1.807) is 4.90 Å². The summed E-state index contributed by atoms with van der Waals surface area (Å²) in [6.07, 6.45) is 1.81. The number of likely N-dealkylation sites (tertiary alicyclic amines) is 1. The summed E-state index contributed by atoms with van der Waals surface area (Å²) in [5.41, 5.74) is 1.82. The monoisotopic (exact) mass is 318 g/mol. The van der Waals surface area contributed by atoms with Gasteiger partial charge in [-0.3, -0.25) is 4.79 Å². The van der Waals surface area contributed by atoms with Gasteiger partial charge in [0, 0.05) is 11.9 Å². The molecule has 1 atom stereocenters. The fourth-order valence-electron chi connectivity index (χ4n) is 2.69. The van der Waals surface area contributed by atoms with Crippen molar-refractivity contribution in [2.45, 2.75) is 25.8 Å². The molecule has 1 aliphatic heterocycles. The van der Waals surface area contributed by atoms with E-state index in [1.165, 1.54) is 11.3 Å². The van der Waals surface area contributed by atoms with E-state index < -0.39 is 6.61 Å². The van der Waals surface area contributed by atoms with Gasteiger partial charge in [-0.2, -0.15) is 0 Å². The van der Waals surface area contributed by atoms with Crippen LogP contribution in [0.2, 0.25) is 0 Å². The molecule has 7 heteroatoms. The molecule has 0 saturated carbocycles. The van der Waals surface area contributed by atoms with Crippen molar-refractivity contribution < 1.29 is 9.90 Å². The largest absolute Gasteiger partial charge is 0.387 e. The molecule has 2 N–H and O–H groups in total. The molecule has 3 rings (SSSR count). The third kappa shape index (κ3) is 3.10. The van der Waals surface area contributed by atoms with Crippen LogP contribution in [0.15, 0.2) is 23.6 Å². The summed E-state index contributed by atoms with van der Waals surface area (Å²) in [5.74, 6) is 0.480. The maximum Gasteiger partial charge on any atom is 0.248 e. The summed E-state index contributed by atoms with van der Waals surface area (Å²) in [6.45, 7) is 2.17. The number of aliphatic hydroxyl groups excluding tert-OH is 1. The highest BCUT2D eigenvalue weighted by molar-refractivity contribution is 7.13. The zero-order valence-corrected chi connectivity index (χ0v) is 13.1. The molecule has 0 radical (unpaired) electrons. The van der Waals surface area contributed by atoms with Crippen LogP contribution >= 0.6 is 11.3 Å². The highest BCUT2D eigenvalue weighted by Gasteiger charge is 2.30. The van der Waals surface area contributed by atoms with Crippen LogP contribution in [0, 0.1) is 6.92 Å². The van der Waals surface area contributed by atoms with Crippen LogP contribution in [-0.4, -0.2) is 39.0 Å². The van der Waals surface area contributed by atoms with Crippen LogP contribution in [0.1, 0.15) is 30.3 Å². The van der Waals surface area contributed by atoms with Gasteiger partial charge in [0.1, 0.15) is 12.4 Å². The van der Waals surface area contributed by atoms with Crippen molar-refractivity contribution >= 4 is 28.2 Å². The minimum absolute atomic E-state index is 0.0561. The summed E-state index contributed by atoms with van der Waals surface area (Å²) >= 11 is 1.53. The predicted octanol–water partition coefficient (Wildman–Crippen LogP) is 2.25. The Bertz CT molecular complexity index is 673. The highest BCUT2D eigenvalue weighted by Crippen LogP contribution is 2.31. The van der Waals surface area contributed by atoms with Gasteiger partial charge in [-0.1, -0.05) is 6.07 Å². The van der Waals surface area contributed by atoms with Crippen molar-refractivity contribution in [3.63, 3.8) is 0 Å². The first-order chi connectivity index (χ1) is 10.7. The van der Waals surface area contributed by atoms with Gasteiger partial charge in [-0.25, -0.2) is 9.97 Å². The average molecular weight is 318 g/mol. The van der Waals surface area contributed by atoms with Gasteiger partial charge in [0.2, 0.25) is 5.91 Å². The molecule has 116 valence electrons. The van der Waals surface area contributed by atoms with Gasteiger partial charge in [0.25, 0.3) is 0 Å². The molecular formula is C15H18N4O2S. The number of hydrogen-bond acceptors (Lipinski definition) is 6. The molecule has 1 saturated heterocycles. The Morgan fingerprint density at radius 3 is 3.09 bits per heavy atom. The molecule has 1 aliphatic rings. The molecule has 0 unspecified atom stereocenters. The van der Waals surface area contributed by atoms with Crippen LogP contribution in [0.4, 0.5) is 10.9 Å². The standard InChI is InChI=1S/C15H18N4O2S/c1-10-9-22-15(16-10)18-13-6-2-4-11(17-13)12-5-3-7-19(12)14(21)8-20/h2,4,6,9,12,20H,3,5,7-8H2,1H3,(H,16,17,18)/t12-/m1/s1. The summed E-state index contributed by atoms with van der Waals surface area (Å²) in [4.78, 5) is 22.5. The van der Waals surface area contributed by atoms with Crippen molar-refractivity contribution in [3.05, 3.63) is 35.0 Å². The Balaban J connectivity index is 1.80. The first-order valence-electron chi connectivity index (χ1n) is 7.24. The Morgan fingerprint density at radius 2 is 2.36 bits per heavy atom. The highest BCUT2D eigenvalue weighted by atomic mass is 32.1. The number of carbonyl (C=O) groups excluding carboxylic acids is 1. The average Bonchev–Trinajstić information content (AvgIpc) is 3.16. The third-order valence-electron chi connectivity index (χ3n) is 3.67. The number of amides is 1. The molecule has 1 amide bonds. The van der Waals surface area contributed by atoms with E-state index in [2.05, 4.69) is 15.3 Å². The van der Waals surface area contributed by atoms with Gasteiger partial charge in [0.15, 0.2) is 5.13 Å². The number of pyridine rings is 1. The summed E-state index contributed by atoms with van der Waals surface area (Å²) in [5, 5.41) is 15.1. The van der Waals surface area contributed by atoms with E-state index in [4.69, 9.17) is 5.11 Å². The van der Waals surface area contributed by atoms with Crippen LogP contribution in [0.5, 0.6) is 0 Å². The number of carbonyl (C=O) groups is 1. The minimum Gasteiger partial charge on any atom is -0.387 e. The smallest absolute Gasteiger partial charge is 0.248 e. The molecule has 2 aromatic heterocycles. The third-order valence-corrected chi connectivity index (χ3v) is 4.55. The quantitative estimate of drug-likeness (QED) is 0.904. The number of anilines is 2. The van der Waals surface area contributed by atoms with Gasteiger partial charge < -0.3 is 15.3 Å². The fraction of sp³-hybridized carbons (Fsp3) is 0.400. The zero-order valence-electron chi connectivity index (χ0n) is 12.3. The molecule has 22 heavy (non-hydrogen) atoms. The van der Waals surface area contributed by atoms with E-state index in [0.717, 1.165) is 35.2 Å². The number of hydrogen-bond donors (Lipinski definition) is 2. The van der Waals surface area contributed by atoms with Gasteiger partial charge in [-0.15, -0.1) is 11.3 Å². The number of nitrogens with one attached hydrogen (secondary N) is 1. The number of aryl methyl sites for hydroxylation is 1. The van der Waals surface area contributed by atoms with Crippen LogP contribution in [-0.2, 0) is 4.79 Å². The summed E-state index contributed by atoms with van der Waals surface area (Å²) in [6, 6.07) is 5.67. The maximum atomic E-state index is 11.8. The predicted molar refractivity (Wildman–Crippen MR) is 85.1 cm³/mol. The van der Waals surface area contributed by atoms with Crippen molar-refractivity contribution in [2.75, 3.05) is 18.5 Å². The molecule has 3 heterocycles. The number of nitrogens with zero attached hydrogens (tertiary/aromatic N) is 3. The molecular weight excluding hydrogens is 300 g/mol. The van der Waals surface area contributed by atoms with Crippen LogP contribution < -0.4 is 5.32 Å². The second kappa shape index (κ2) is 6.41. The van der Waals surface area contributed by atoms with E-state index in [0.29, 0.717) is 6.54 Å². The first-order valence-corrected chi connectivity index (χ1v) is 8.12. The molecule has 0 spiro atoms. The van der Waals surface area contributed by atoms with E-state index in [-0.39, 0.29) is 11.9 Å². The van der Waals surface area contributed by atoms with Crippen LogP contribution in [0.3, 0.4) is 0 Å². The van der Waals surface area contributed by atoms with E-state index in [9.17, 15) is 4.79 Å². The lowest BCUT2D eigenvalue weighted by atomic mass is 10.1. The lowest BCUT2D eigenvalue weighted by Gasteiger charge is -2.23. The Labute approximate surface area is 132 Å². The number of aromatic nitrogens is 2. The first kappa shape index (κ1) is 14.9. The number of thiazole rings is 1. The van der Waals surface area contributed by atoms with Gasteiger partial charge in [-0.05, 0) is 31.9 Å². The minimum atomic E-state index is -0.452. The zero-order chi connectivity index (χ0) is 15.5. The maximum absolute atomic E-state index is 11.8. The second-order valence-electron chi connectivity index (χ2n) is 5.27. The topological polar surface area (TPSA) is 78.4 Å². The number of aliphatic hydroxyl groups is 1. The molecule has 0 aromatic carbocycles. The second-order valence-corrected chi connectivity index (χ2v) is 6.13. The van der Waals surface area contributed by atoms with Crippen molar-refractivity contribution in [1.82, 2.24) is 14.9 Å². The summed E-state index contributed by atoms with van der Waals surface area (Å²) < 4.78 is 0. The lowest BCUT2D eigenvalue weighted by molar-refractivity contribution is -0.135. The Morgan fingerprint density at radius 1 is 1.50 bits per heavy atom. The molecule has 6 nitrogen and oxygen atoms in total. The fourth-order valence-corrected chi connectivity index (χ4v) is 3.39. The normalized spacial score (nSPS) is 17.7. The Hall–Kier alpha value is -1.99. The molecule has 0 bridgehead atoms. The Kier molecular flexibility index (Phi) is 4.35. The van der Waals surface area contributed by atoms with Crippen LogP contribution in [0.25, 0.3) is 0 Å². The molecule has 2 aromatic rings. The van der Waals surface area contributed by atoms with Crippen molar-refractivity contribution in [1.29, 1.82) is 0 Å².